The summed E-state index contributed by atoms with van der Waals surface area (Å²) >= 11 is 6.20. The Balaban J connectivity index is 1.54. The van der Waals surface area contributed by atoms with Crippen molar-refractivity contribution in [3.63, 3.8) is 0 Å². The van der Waals surface area contributed by atoms with Crippen molar-refractivity contribution < 1.29 is 19.4 Å². The summed E-state index contributed by atoms with van der Waals surface area (Å²) in [4.78, 5) is 15.5. The quantitative estimate of drug-likeness (QED) is 0.813. The lowest BCUT2D eigenvalue weighted by Gasteiger charge is -2.64. The van der Waals surface area contributed by atoms with Crippen LogP contribution in [0.3, 0.4) is 0 Å². The first kappa shape index (κ1) is 18.7. The molecule has 1 N–H and O–H groups in total. The van der Waals surface area contributed by atoms with E-state index in [-0.39, 0.29) is 17.6 Å². The largest absolute Gasteiger partial charge is 0.504 e. The Morgan fingerprint density at radius 3 is 3.00 bits per heavy atom. The zero-order valence-electron chi connectivity index (χ0n) is 16.9. The van der Waals surface area contributed by atoms with Gasteiger partial charge in [0.1, 0.15) is 0 Å². The molecule has 2 aliphatic carbocycles. The van der Waals surface area contributed by atoms with Crippen molar-refractivity contribution in [1.82, 2.24) is 4.90 Å². The lowest BCUT2D eigenvalue weighted by Crippen LogP contribution is -2.76. The molecule has 4 atom stereocenters. The van der Waals surface area contributed by atoms with Gasteiger partial charge in [-0.1, -0.05) is 29.8 Å². The number of halogens is 1. The normalized spacial score (nSPS) is 33.9. The maximum atomic E-state index is 13.1. The zero-order valence-corrected chi connectivity index (χ0v) is 17.6. The number of nitrogens with zero attached hydrogens (tertiary/aromatic N) is 1. The van der Waals surface area contributed by atoms with Crippen molar-refractivity contribution in [3.05, 3.63) is 58.1 Å². The van der Waals surface area contributed by atoms with E-state index in [2.05, 4.69) is 11.9 Å². The number of likely N-dealkylation sites (tertiary alicyclic amines) is 1. The third-order valence-corrected chi connectivity index (χ3v) is 8.11. The molecule has 5 nitrogen and oxygen atoms in total. The average Bonchev–Trinajstić information content (AvgIpc) is 3.09. The van der Waals surface area contributed by atoms with Crippen molar-refractivity contribution in [2.45, 2.75) is 55.5 Å². The summed E-state index contributed by atoms with van der Waals surface area (Å²) in [7, 11) is 2.15. The maximum absolute atomic E-state index is 13.1. The summed E-state index contributed by atoms with van der Waals surface area (Å²) in [5.74, 6) is 0.724. The number of hydrogen-bond acceptors (Lipinski definition) is 5. The van der Waals surface area contributed by atoms with Gasteiger partial charge in [0.15, 0.2) is 23.4 Å². The molecule has 0 radical (unpaired) electrons. The Kier molecular flexibility index (Phi) is 3.87. The number of rotatable bonds is 3. The van der Waals surface area contributed by atoms with Crippen LogP contribution in [0.5, 0.6) is 11.5 Å². The van der Waals surface area contributed by atoms with Gasteiger partial charge in [0.05, 0.1) is 17.6 Å². The number of piperidine rings is 1. The summed E-state index contributed by atoms with van der Waals surface area (Å²) < 4.78 is 13.1. The van der Waals surface area contributed by atoms with Gasteiger partial charge in [0.25, 0.3) is 0 Å². The van der Waals surface area contributed by atoms with Gasteiger partial charge in [-0.25, -0.2) is 0 Å². The standard InChI is InChI=1S/C24H24ClNO4/c1-26-10-9-23-20-15-5-6-17(27)21(20)30-22(23)18(28)7-8-24(23,19(26)12-15)29-13-14-3-2-4-16(25)11-14/h2-6,11,19,22,27H,7-10,12-13H2,1H3/t19-,22+,23+,24-/m1/s1. The summed E-state index contributed by atoms with van der Waals surface area (Å²) in [5, 5.41) is 11.3. The Morgan fingerprint density at radius 1 is 1.30 bits per heavy atom. The van der Waals surface area contributed by atoms with Crippen LogP contribution < -0.4 is 4.74 Å². The van der Waals surface area contributed by atoms with Crippen molar-refractivity contribution in [1.29, 1.82) is 0 Å². The van der Waals surface area contributed by atoms with Gasteiger partial charge in [-0.05, 0) is 62.2 Å². The summed E-state index contributed by atoms with van der Waals surface area (Å²) in [5.41, 5.74) is 2.09. The highest BCUT2D eigenvalue weighted by molar-refractivity contribution is 6.30. The van der Waals surface area contributed by atoms with Crippen molar-refractivity contribution in [2.75, 3.05) is 13.6 Å². The highest BCUT2D eigenvalue weighted by Crippen LogP contribution is 2.65. The molecule has 2 aliphatic heterocycles. The van der Waals surface area contributed by atoms with Crippen LogP contribution in [0.25, 0.3) is 0 Å². The van der Waals surface area contributed by atoms with Crippen molar-refractivity contribution >= 4 is 17.4 Å². The predicted octanol–water partition coefficient (Wildman–Crippen LogP) is 3.62. The van der Waals surface area contributed by atoms with E-state index < -0.39 is 17.1 Å². The number of ketones is 1. The van der Waals surface area contributed by atoms with E-state index in [0.717, 1.165) is 30.5 Å². The summed E-state index contributed by atoms with van der Waals surface area (Å²) in [6, 6.07) is 11.6. The molecule has 2 aromatic carbocycles. The molecule has 1 spiro atoms. The zero-order chi connectivity index (χ0) is 20.7. The van der Waals surface area contributed by atoms with E-state index >= 15 is 0 Å². The smallest absolute Gasteiger partial charge is 0.174 e. The number of carbonyl (C=O) groups excluding carboxylic acids is 1. The lowest BCUT2D eigenvalue weighted by molar-refractivity contribution is -0.215. The van der Waals surface area contributed by atoms with Gasteiger partial charge in [-0.3, -0.25) is 4.79 Å². The topological polar surface area (TPSA) is 59.0 Å². The molecule has 2 bridgehead atoms. The molecule has 4 aliphatic rings. The van der Waals surface area contributed by atoms with Crippen LogP contribution >= 0.6 is 11.6 Å². The second-order valence-corrected chi connectivity index (χ2v) is 9.58. The fraction of sp³-hybridized carbons (Fsp3) is 0.458. The third kappa shape index (κ3) is 2.18. The first-order chi connectivity index (χ1) is 14.5. The van der Waals surface area contributed by atoms with E-state index in [9.17, 15) is 9.90 Å². The molecule has 0 unspecified atom stereocenters. The van der Waals surface area contributed by atoms with E-state index in [1.165, 1.54) is 5.56 Å². The summed E-state index contributed by atoms with van der Waals surface area (Å²) in [6.07, 6.45) is 2.09. The van der Waals surface area contributed by atoms with Gasteiger partial charge in [0, 0.05) is 23.0 Å². The second-order valence-electron chi connectivity index (χ2n) is 9.14. The van der Waals surface area contributed by atoms with Crippen LogP contribution in [0.1, 0.15) is 36.0 Å². The van der Waals surface area contributed by atoms with Gasteiger partial charge in [-0.2, -0.15) is 0 Å². The average molecular weight is 426 g/mol. The SMILES string of the molecule is CN1CC[C@]23c4c5ccc(O)c4O[C@H]2C(=O)CC[C@@]3(OCc2cccc(Cl)c2)[C@H]1C5. The first-order valence-electron chi connectivity index (χ1n) is 10.6. The molecular formula is C24H24ClNO4. The van der Waals surface area contributed by atoms with Crippen LogP contribution in [-0.2, 0) is 28.0 Å². The Labute approximate surface area is 180 Å². The van der Waals surface area contributed by atoms with E-state index in [0.29, 0.717) is 30.2 Å². The van der Waals surface area contributed by atoms with Gasteiger partial charge in [-0.15, -0.1) is 0 Å². The van der Waals surface area contributed by atoms with Crippen LogP contribution in [0.4, 0.5) is 0 Å². The number of ether oxygens (including phenoxy) is 2. The molecule has 1 saturated heterocycles. The minimum atomic E-state index is -0.593. The van der Waals surface area contributed by atoms with Crippen LogP contribution in [0, 0.1) is 0 Å². The molecular weight excluding hydrogens is 402 g/mol. The highest BCUT2D eigenvalue weighted by atomic mass is 35.5. The van der Waals surface area contributed by atoms with E-state index in [1.54, 1.807) is 6.07 Å². The molecule has 6 rings (SSSR count). The Hall–Kier alpha value is -2.08. The Morgan fingerprint density at radius 2 is 2.17 bits per heavy atom. The number of benzene rings is 2. The molecule has 0 amide bonds. The maximum Gasteiger partial charge on any atom is 0.174 e. The number of likely N-dealkylation sites (N-methyl/N-ethyl adjacent to an activating group) is 1. The van der Waals surface area contributed by atoms with Crippen molar-refractivity contribution in [3.8, 4) is 11.5 Å². The fourth-order valence-electron chi connectivity index (χ4n) is 6.64. The number of phenolic OH excluding ortho intramolecular Hbond substituents is 1. The van der Waals surface area contributed by atoms with Crippen LogP contribution in [-0.4, -0.2) is 47.1 Å². The van der Waals surface area contributed by atoms with Crippen LogP contribution in [0.15, 0.2) is 36.4 Å². The van der Waals surface area contributed by atoms with Crippen molar-refractivity contribution in [2.24, 2.45) is 0 Å². The number of Topliss-reactive ketones (excluding diaryl/α,β-unsaturated/α-hetero) is 1. The van der Waals surface area contributed by atoms with Gasteiger partial charge in [0.2, 0.25) is 0 Å². The second kappa shape index (κ2) is 6.22. The number of carbonyl (C=O) groups is 1. The van der Waals surface area contributed by atoms with Crippen LogP contribution in [0.2, 0.25) is 5.02 Å². The van der Waals surface area contributed by atoms with E-state index in [4.69, 9.17) is 21.1 Å². The molecule has 2 heterocycles. The molecule has 0 aromatic heterocycles. The number of hydrogen-bond donors (Lipinski definition) is 1. The first-order valence-corrected chi connectivity index (χ1v) is 11.0. The predicted molar refractivity (Wildman–Crippen MR) is 112 cm³/mol. The molecule has 30 heavy (non-hydrogen) atoms. The molecule has 2 fully saturated rings. The minimum Gasteiger partial charge on any atom is -0.504 e. The monoisotopic (exact) mass is 425 g/mol. The van der Waals surface area contributed by atoms with E-state index in [1.807, 2.05) is 30.3 Å². The van der Waals surface area contributed by atoms with Gasteiger partial charge >= 0.3 is 0 Å². The molecule has 6 heteroatoms. The molecule has 156 valence electrons. The number of aromatic hydroxyl groups is 1. The Bertz CT molecular complexity index is 1070. The summed E-state index contributed by atoms with van der Waals surface area (Å²) in [6.45, 7) is 1.30. The molecule has 1 saturated carbocycles. The minimum absolute atomic E-state index is 0.115. The number of phenols is 1. The highest BCUT2D eigenvalue weighted by Gasteiger charge is 2.73. The third-order valence-electron chi connectivity index (χ3n) is 7.87. The molecule has 2 aromatic rings. The fourth-order valence-corrected chi connectivity index (χ4v) is 6.85. The van der Waals surface area contributed by atoms with Gasteiger partial charge < -0.3 is 19.5 Å². The lowest BCUT2D eigenvalue weighted by atomic mass is 9.49.